The highest BCUT2D eigenvalue weighted by Gasteiger charge is 2.34. The van der Waals surface area contributed by atoms with Crippen LogP contribution in [0.15, 0.2) is 18.2 Å². The van der Waals surface area contributed by atoms with E-state index in [1.807, 2.05) is 33.8 Å². The molecule has 10 heteroatoms. The molecule has 1 unspecified atom stereocenters. The Morgan fingerprint density at radius 3 is 2.40 bits per heavy atom. The van der Waals surface area contributed by atoms with E-state index >= 15 is 0 Å². The minimum atomic E-state index is -3.55. The topological polar surface area (TPSA) is 102 Å². The summed E-state index contributed by atoms with van der Waals surface area (Å²) in [6, 6.07) is 5.12. The molecule has 0 radical (unpaired) electrons. The normalized spacial score (nSPS) is 25.3. The molecule has 2 fully saturated rings. The SMILES string of the molecule is Cc1ccc(C(CN2CCN(C(=O)OC(C)(C)C)[C@H](C)C2)OC2CCC(S(N)(=O)=O)CC2)cc1F. The Balaban J connectivity index is 1.68. The Kier molecular flexibility index (Phi) is 8.83. The van der Waals surface area contributed by atoms with Gasteiger partial charge in [0, 0.05) is 32.2 Å². The number of ether oxygens (including phenoxy) is 2. The van der Waals surface area contributed by atoms with Crippen LogP contribution in [0.5, 0.6) is 0 Å². The van der Waals surface area contributed by atoms with Gasteiger partial charge in [0.2, 0.25) is 10.0 Å². The zero-order valence-corrected chi connectivity index (χ0v) is 22.3. The minimum Gasteiger partial charge on any atom is -0.444 e. The predicted octanol–water partition coefficient (Wildman–Crippen LogP) is 3.73. The first kappa shape index (κ1) is 27.8. The summed E-state index contributed by atoms with van der Waals surface area (Å²) in [4.78, 5) is 16.5. The number of hydrogen-bond acceptors (Lipinski definition) is 6. The number of halogens is 1. The lowest BCUT2D eigenvalue weighted by Gasteiger charge is -2.41. The molecule has 1 aromatic rings. The van der Waals surface area contributed by atoms with Crippen LogP contribution in [0.1, 0.15) is 70.6 Å². The Labute approximate surface area is 209 Å². The summed E-state index contributed by atoms with van der Waals surface area (Å²) < 4.78 is 49.8. The molecule has 1 aromatic carbocycles. The van der Waals surface area contributed by atoms with Gasteiger partial charge in [-0.15, -0.1) is 0 Å². The van der Waals surface area contributed by atoms with E-state index in [0.717, 1.165) is 5.56 Å². The van der Waals surface area contributed by atoms with Crippen molar-refractivity contribution in [2.45, 2.75) is 89.4 Å². The number of rotatable bonds is 6. The maximum atomic E-state index is 14.4. The van der Waals surface area contributed by atoms with Gasteiger partial charge in [0.05, 0.1) is 17.5 Å². The number of carbonyl (C=O) groups excluding carboxylic acids is 1. The molecule has 2 N–H and O–H groups in total. The number of amides is 1. The van der Waals surface area contributed by atoms with Gasteiger partial charge < -0.3 is 14.4 Å². The molecule has 1 amide bonds. The van der Waals surface area contributed by atoms with Crippen molar-refractivity contribution in [1.82, 2.24) is 9.80 Å². The van der Waals surface area contributed by atoms with Crippen molar-refractivity contribution in [3.63, 3.8) is 0 Å². The number of nitrogens with zero attached hydrogens (tertiary/aromatic N) is 2. The zero-order valence-electron chi connectivity index (χ0n) is 21.5. The van der Waals surface area contributed by atoms with Crippen molar-refractivity contribution < 1.29 is 27.1 Å². The van der Waals surface area contributed by atoms with E-state index in [4.69, 9.17) is 14.6 Å². The standard InChI is InChI=1S/C25H40FN3O5S/c1-17-6-7-19(14-22(17)26)23(33-20-8-10-21(11-9-20)35(27,31)32)16-28-12-13-29(18(2)15-28)24(30)34-25(3,4)5/h6-7,14,18,20-21,23H,8-13,15-16H2,1-5H3,(H2,27,31,32)/t18-,20?,21?,23?/m1/s1. The third-order valence-corrected chi connectivity index (χ3v) is 8.17. The van der Waals surface area contributed by atoms with Gasteiger partial charge in [0.25, 0.3) is 0 Å². The van der Waals surface area contributed by atoms with Crippen LogP contribution in [0.2, 0.25) is 0 Å². The fraction of sp³-hybridized carbons (Fsp3) is 0.720. The summed E-state index contributed by atoms with van der Waals surface area (Å²) in [5.41, 5.74) is 0.773. The number of piperazine rings is 1. The smallest absolute Gasteiger partial charge is 0.410 e. The van der Waals surface area contributed by atoms with Gasteiger partial charge in [0.1, 0.15) is 11.4 Å². The Morgan fingerprint density at radius 2 is 1.86 bits per heavy atom. The van der Waals surface area contributed by atoms with Crippen LogP contribution in [-0.2, 0) is 19.5 Å². The number of sulfonamides is 1. The summed E-state index contributed by atoms with van der Waals surface area (Å²) in [5, 5.41) is 4.80. The second-order valence-electron chi connectivity index (χ2n) is 10.9. The van der Waals surface area contributed by atoms with Gasteiger partial charge >= 0.3 is 6.09 Å². The van der Waals surface area contributed by atoms with Crippen LogP contribution in [0.3, 0.4) is 0 Å². The zero-order chi connectivity index (χ0) is 26.0. The number of primary sulfonamides is 1. The van der Waals surface area contributed by atoms with Crippen molar-refractivity contribution in [3.05, 3.63) is 35.1 Å². The number of carbonyl (C=O) groups is 1. The van der Waals surface area contributed by atoms with Crippen LogP contribution in [-0.4, -0.2) is 73.5 Å². The lowest BCUT2D eigenvalue weighted by Crippen LogP contribution is -2.55. The van der Waals surface area contributed by atoms with Crippen LogP contribution >= 0.6 is 0 Å². The summed E-state index contributed by atoms with van der Waals surface area (Å²) in [7, 11) is -3.55. The lowest BCUT2D eigenvalue weighted by atomic mass is 9.96. The highest BCUT2D eigenvalue weighted by Crippen LogP contribution is 2.31. The second-order valence-corrected chi connectivity index (χ2v) is 12.7. The van der Waals surface area contributed by atoms with Crippen molar-refractivity contribution in [2.75, 3.05) is 26.2 Å². The summed E-state index contributed by atoms with van der Waals surface area (Å²) in [6.07, 6.45) is 1.30. The lowest BCUT2D eigenvalue weighted by molar-refractivity contribution is -0.0552. The van der Waals surface area contributed by atoms with Gasteiger partial charge in [-0.3, -0.25) is 4.90 Å². The average Bonchev–Trinajstić information content (AvgIpc) is 2.74. The molecule has 2 aliphatic rings. The van der Waals surface area contributed by atoms with E-state index in [1.165, 1.54) is 6.07 Å². The third kappa shape index (κ3) is 7.87. The summed E-state index contributed by atoms with van der Waals surface area (Å²) in [6.45, 7) is 11.6. The van der Waals surface area contributed by atoms with Gasteiger partial charge in [-0.25, -0.2) is 22.7 Å². The Hall–Kier alpha value is -1.75. The molecule has 35 heavy (non-hydrogen) atoms. The van der Waals surface area contributed by atoms with Crippen LogP contribution in [0, 0.1) is 12.7 Å². The molecule has 8 nitrogen and oxygen atoms in total. The molecule has 0 bridgehead atoms. The van der Waals surface area contributed by atoms with Crippen molar-refractivity contribution in [2.24, 2.45) is 5.14 Å². The van der Waals surface area contributed by atoms with Crippen LogP contribution < -0.4 is 5.14 Å². The minimum absolute atomic E-state index is 0.0424. The molecule has 1 heterocycles. The van der Waals surface area contributed by atoms with E-state index in [9.17, 15) is 17.6 Å². The molecule has 0 aromatic heterocycles. The highest BCUT2D eigenvalue weighted by atomic mass is 32.2. The first-order chi connectivity index (χ1) is 16.2. The van der Waals surface area contributed by atoms with Crippen molar-refractivity contribution in [3.8, 4) is 0 Å². The van der Waals surface area contributed by atoms with E-state index in [0.29, 0.717) is 57.4 Å². The fourth-order valence-corrected chi connectivity index (χ4v) is 5.72. The maximum Gasteiger partial charge on any atom is 0.410 e. The van der Waals surface area contributed by atoms with Gasteiger partial charge in [-0.1, -0.05) is 12.1 Å². The maximum absolute atomic E-state index is 14.4. The average molecular weight is 514 g/mol. The summed E-state index contributed by atoms with van der Waals surface area (Å²) in [5.74, 6) is -0.280. The molecule has 1 saturated carbocycles. The van der Waals surface area contributed by atoms with Crippen LogP contribution in [0.4, 0.5) is 9.18 Å². The molecule has 2 atom stereocenters. The fourth-order valence-electron chi connectivity index (χ4n) is 4.79. The molecular weight excluding hydrogens is 473 g/mol. The van der Waals surface area contributed by atoms with E-state index < -0.39 is 20.9 Å². The quantitative estimate of drug-likeness (QED) is 0.622. The van der Waals surface area contributed by atoms with Crippen molar-refractivity contribution in [1.29, 1.82) is 0 Å². The molecule has 198 valence electrons. The first-order valence-corrected chi connectivity index (χ1v) is 14.0. The second kappa shape index (κ2) is 11.1. The predicted molar refractivity (Wildman–Crippen MR) is 133 cm³/mol. The molecule has 1 aliphatic heterocycles. The number of nitrogens with two attached hydrogens (primary N) is 1. The van der Waals surface area contributed by atoms with Gasteiger partial charge in [-0.05, 0) is 77.5 Å². The Morgan fingerprint density at radius 1 is 1.20 bits per heavy atom. The van der Waals surface area contributed by atoms with Gasteiger partial charge in [-0.2, -0.15) is 0 Å². The molecule has 1 aliphatic carbocycles. The number of aryl methyl sites for hydroxylation is 1. The van der Waals surface area contributed by atoms with E-state index in [1.54, 1.807) is 17.9 Å². The monoisotopic (exact) mass is 513 g/mol. The number of benzene rings is 1. The van der Waals surface area contributed by atoms with Gasteiger partial charge in [0.15, 0.2) is 0 Å². The summed E-state index contributed by atoms with van der Waals surface area (Å²) >= 11 is 0. The van der Waals surface area contributed by atoms with Crippen molar-refractivity contribution >= 4 is 16.1 Å². The first-order valence-electron chi connectivity index (χ1n) is 12.4. The third-order valence-electron chi connectivity index (χ3n) is 6.77. The van der Waals surface area contributed by atoms with E-state index in [-0.39, 0.29) is 30.2 Å². The highest BCUT2D eigenvalue weighted by molar-refractivity contribution is 7.89. The molecule has 3 rings (SSSR count). The number of hydrogen-bond donors (Lipinski definition) is 1. The molecule has 0 spiro atoms. The molecular formula is C25H40FN3O5S. The van der Waals surface area contributed by atoms with Crippen LogP contribution in [0.25, 0.3) is 0 Å². The molecule has 1 saturated heterocycles. The largest absolute Gasteiger partial charge is 0.444 e. The Bertz CT molecular complexity index is 989. The van der Waals surface area contributed by atoms with E-state index in [2.05, 4.69) is 4.90 Å².